The van der Waals surface area contributed by atoms with E-state index in [4.69, 9.17) is 14.2 Å². The standard InChI is InChI=1S/C63H120O6/c1-4-7-10-13-16-19-22-24-26-28-29-30-31-32-33-34-36-37-39-41-44-47-50-53-56-62(65)68-59-60(58-67-61(64)55-52-49-46-43-21-18-15-12-9-6-3)69-63(66)57-54-51-48-45-42-40-38-35-27-25-23-20-17-14-11-8-5-2/h12,15,60H,4-11,13-14,16-59H2,1-3H3/b15-12-. The molecule has 0 spiro atoms. The summed E-state index contributed by atoms with van der Waals surface area (Å²) in [5.74, 6) is -0.851. The molecule has 0 N–H and O–H groups in total. The van der Waals surface area contributed by atoms with Gasteiger partial charge in [0.1, 0.15) is 13.2 Å². The quantitative estimate of drug-likeness (QED) is 0.0261. The Hall–Kier alpha value is -1.85. The first kappa shape index (κ1) is 67.1. The second-order valence-electron chi connectivity index (χ2n) is 21.3. The lowest BCUT2D eigenvalue weighted by atomic mass is 10.0. The van der Waals surface area contributed by atoms with Crippen molar-refractivity contribution < 1.29 is 28.6 Å². The molecule has 6 nitrogen and oxygen atoms in total. The SMILES string of the molecule is CCC/C=C\CCCCCCCC(=O)OCC(COC(=O)CCCCCCCCCCCCCCCCCCCCCCCCCC)OC(=O)CCCCCCCCCCCCCCCCCCC. The Bertz CT molecular complexity index is 1070. The summed E-state index contributed by atoms with van der Waals surface area (Å²) in [6, 6.07) is 0. The fourth-order valence-corrected chi connectivity index (χ4v) is 9.57. The van der Waals surface area contributed by atoms with Gasteiger partial charge in [-0.25, -0.2) is 0 Å². The number of ether oxygens (including phenoxy) is 3. The molecule has 0 saturated carbocycles. The lowest BCUT2D eigenvalue weighted by molar-refractivity contribution is -0.167. The van der Waals surface area contributed by atoms with Crippen molar-refractivity contribution in [3.8, 4) is 0 Å². The van der Waals surface area contributed by atoms with Crippen LogP contribution in [-0.2, 0) is 28.6 Å². The van der Waals surface area contributed by atoms with Crippen molar-refractivity contribution in [1.29, 1.82) is 0 Å². The Kier molecular flexibility index (Phi) is 57.1. The number of esters is 3. The minimum absolute atomic E-state index is 0.0665. The van der Waals surface area contributed by atoms with E-state index in [2.05, 4.69) is 32.9 Å². The Balaban J connectivity index is 4.16. The summed E-state index contributed by atoms with van der Waals surface area (Å²) in [5.41, 5.74) is 0. The summed E-state index contributed by atoms with van der Waals surface area (Å²) in [7, 11) is 0. The maximum Gasteiger partial charge on any atom is 0.306 e. The number of rotatable bonds is 58. The monoisotopic (exact) mass is 973 g/mol. The van der Waals surface area contributed by atoms with Gasteiger partial charge in [0, 0.05) is 19.3 Å². The van der Waals surface area contributed by atoms with Crippen LogP contribution in [-0.4, -0.2) is 37.2 Å². The summed E-state index contributed by atoms with van der Waals surface area (Å²) >= 11 is 0. The summed E-state index contributed by atoms with van der Waals surface area (Å²) in [5, 5.41) is 0. The molecule has 0 aliphatic rings. The van der Waals surface area contributed by atoms with Crippen LogP contribution < -0.4 is 0 Å². The molecule has 0 aliphatic heterocycles. The predicted molar refractivity (Wildman–Crippen MR) is 298 cm³/mol. The summed E-state index contributed by atoms with van der Waals surface area (Å²) < 4.78 is 16.9. The van der Waals surface area contributed by atoms with Crippen LogP contribution in [0.4, 0.5) is 0 Å². The molecule has 0 radical (unpaired) electrons. The van der Waals surface area contributed by atoms with Crippen LogP contribution in [0, 0.1) is 0 Å². The Labute approximate surface area is 431 Å². The minimum Gasteiger partial charge on any atom is -0.462 e. The van der Waals surface area contributed by atoms with E-state index in [1.807, 2.05) is 0 Å². The number of unbranched alkanes of at least 4 members (excludes halogenated alkanes) is 45. The topological polar surface area (TPSA) is 78.9 Å². The number of hydrogen-bond acceptors (Lipinski definition) is 6. The van der Waals surface area contributed by atoms with Gasteiger partial charge in [0.2, 0.25) is 0 Å². The van der Waals surface area contributed by atoms with E-state index in [0.29, 0.717) is 19.3 Å². The molecule has 0 aliphatic carbocycles. The lowest BCUT2D eigenvalue weighted by Gasteiger charge is -2.18. The molecule has 408 valence electrons. The van der Waals surface area contributed by atoms with Crippen LogP contribution >= 0.6 is 0 Å². The molecule has 6 heteroatoms. The molecule has 0 aromatic rings. The third-order valence-electron chi connectivity index (χ3n) is 14.3. The smallest absolute Gasteiger partial charge is 0.306 e. The Morgan fingerprint density at radius 1 is 0.275 bits per heavy atom. The summed E-state index contributed by atoms with van der Waals surface area (Å²) in [4.78, 5) is 38.1. The zero-order chi connectivity index (χ0) is 50.0. The van der Waals surface area contributed by atoms with Crippen LogP contribution in [0.25, 0.3) is 0 Å². The minimum atomic E-state index is -0.767. The van der Waals surface area contributed by atoms with E-state index in [9.17, 15) is 14.4 Å². The van der Waals surface area contributed by atoms with Crippen molar-refractivity contribution in [2.45, 2.75) is 361 Å². The maximum absolute atomic E-state index is 12.9. The van der Waals surface area contributed by atoms with Crippen LogP contribution in [0.2, 0.25) is 0 Å². The Morgan fingerprint density at radius 3 is 0.783 bits per heavy atom. The van der Waals surface area contributed by atoms with Gasteiger partial charge in [0.15, 0.2) is 6.10 Å². The van der Waals surface area contributed by atoms with Gasteiger partial charge in [-0.1, -0.05) is 309 Å². The highest BCUT2D eigenvalue weighted by Gasteiger charge is 2.19. The fraction of sp³-hybridized carbons (Fsp3) is 0.921. The molecule has 0 aromatic heterocycles. The van der Waals surface area contributed by atoms with Crippen molar-refractivity contribution in [1.82, 2.24) is 0 Å². The summed E-state index contributed by atoms with van der Waals surface area (Å²) in [6.07, 6.45) is 68.0. The molecule has 1 unspecified atom stereocenters. The summed E-state index contributed by atoms with van der Waals surface area (Å²) in [6.45, 7) is 6.64. The van der Waals surface area contributed by atoms with E-state index in [1.165, 1.54) is 244 Å². The largest absolute Gasteiger partial charge is 0.462 e. The van der Waals surface area contributed by atoms with Crippen molar-refractivity contribution in [2.24, 2.45) is 0 Å². The van der Waals surface area contributed by atoms with Gasteiger partial charge in [-0.05, 0) is 38.5 Å². The number of carbonyl (C=O) groups excluding carboxylic acids is 3. The lowest BCUT2D eigenvalue weighted by Crippen LogP contribution is -2.30. The second kappa shape index (κ2) is 58.7. The van der Waals surface area contributed by atoms with E-state index < -0.39 is 6.10 Å². The molecule has 0 rings (SSSR count). The van der Waals surface area contributed by atoms with Crippen LogP contribution in [0.15, 0.2) is 12.2 Å². The second-order valence-corrected chi connectivity index (χ2v) is 21.3. The molecule has 0 heterocycles. The average molecular weight is 974 g/mol. The van der Waals surface area contributed by atoms with Gasteiger partial charge < -0.3 is 14.2 Å². The molecule has 0 amide bonds. The van der Waals surface area contributed by atoms with E-state index in [1.54, 1.807) is 0 Å². The first-order valence-corrected chi connectivity index (χ1v) is 31.2. The third-order valence-corrected chi connectivity index (χ3v) is 14.3. The number of allylic oxidation sites excluding steroid dienone is 2. The zero-order valence-electron chi connectivity index (χ0n) is 46.9. The van der Waals surface area contributed by atoms with Gasteiger partial charge in [0.25, 0.3) is 0 Å². The molecule has 0 fully saturated rings. The number of hydrogen-bond donors (Lipinski definition) is 0. The van der Waals surface area contributed by atoms with Crippen molar-refractivity contribution in [2.75, 3.05) is 13.2 Å². The molecule has 0 aromatic carbocycles. The van der Waals surface area contributed by atoms with Crippen molar-refractivity contribution >= 4 is 17.9 Å². The highest BCUT2D eigenvalue weighted by atomic mass is 16.6. The third kappa shape index (κ3) is 56.9. The molecule has 0 saturated heterocycles. The van der Waals surface area contributed by atoms with E-state index >= 15 is 0 Å². The van der Waals surface area contributed by atoms with E-state index in [-0.39, 0.29) is 31.1 Å². The van der Waals surface area contributed by atoms with Gasteiger partial charge in [-0.2, -0.15) is 0 Å². The van der Waals surface area contributed by atoms with Crippen molar-refractivity contribution in [3.05, 3.63) is 12.2 Å². The highest BCUT2D eigenvalue weighted by molar-refractivity contribution is 5.71. The average Bonchev–Trinajstić information content (AvgIpc) is 3.35. The molecule has 69 heavy (non-hydrogen) atoms. The predicted octanol–water partition coefficient (Wildman–Crippen LogP) is 20.9. The van der Waals surface area contributed by atoms with Crippen LogP contribution in [0.3, 0.4) is 0 Å². The first-order chi connectivity index (χ1) is 34.0. The Morgan fingerprint density at radius 2 is 0.507 bits per heavy atom. The van der Waals surface area contributed by atoms with E-state index in [0.717, 1.165) is 70.6 Å². The van der Waals surface area contributed by atoms with Crippen LogP contribution in [0.5, 0.6) is 0 Å². The fourth-order valence-electron chi connectivity index (χ4n) is 9.57. The molecule has 0 bridgehead atoms. The van der Waals surface area contributed by atoms with Gasteiger partial charge >= 0.3 is 17.9 Å². The highest BCUT2D eigenvalue weighted by Crippen LogP contribution is 2.18. The normalized spacial score (nSPS) is 12.0. The van der Waals surface area contributed by atoms with Gasteiger partial charge in [-0.15, -0.1) is 0 Å². The molecule has 1 atom stereocenters. The van der Waals surface area contributed by atoms with Crippen LogP contribution in [0.1, 0.15) is 355 Å². The molecular weight excluding hydrogens is 853 g/mol. The van der Waals surface area contributed by atoms with Gasteiger partial charge in [0.05, 0.1) is 0 Å². The van der Waals surface area contributed by atoms with Gasteiger partial charge in [-0.3, -0.25) is 14.4 Å². The zero-order valence-corrected chi connectivity index (χ0v) is 46.9. The maximum atomic E-state index is 12.9. The molecular formula is C63H120O6. The first-order valence-electron chi connectivity index (χ1n) is 31.2. The number of carbonyl (C=O) groups is 3. The van der Waals surface area contributed by atoms with Crippen molar-refractivity contribution in [3.63, 3.8) is 0 Å².